The van der Waals surface area contributed by atoms with Crippen LogP contribution in [0.4, 0.5) is 23.3 Å². The van der Waals surface area contributed by atoms with Gasteiger partial charge in [0.2, 0.25) is 11.9 Å². The zero-order valence-corrected chi connectivity index (χ0v) is 23.1. The average molecular weight is 550 g/mol. The molecule has 0 bridgehead atoms. The lowest BCUT2D eigenvalue weighted by atomic mass is 9.93. The van der Waals surface area contributed by atoms with Crippen molar-refractivity contribution in [3.8, 4) is 0 Å². The summed E-state index contributed by atoms with van der Waals surface area (Å²) in [7, 11) is 0. The first-order valence-corrected chi connectivity index (χ1v) is 13.5. The Hall–Kier alpha value is -4.03. The lowest BCUT2D eigenvalue weighted by Crippen LogP contribution is -2.40. The molecule has 2 saturated heterocycles. The second kappa shape index (κ2) is 12.0. The third-order valence-corrected chi connectivity index (χ3v) is 6.66. The molecule has 0 unspecified atom stereocenters. The van der Waals surface area contributed by atoms with Gasteiger partial charge < -0.3 is 34.4 Å². The van der Waals surface area contributed by atoms with Crippen molar-refractivity contribution >= 4 is 35.1 Å². The zero-order valence-electron chi connectivity index (χ0n) is 23.1. The van der Waals surface area contributed by atoms with Crippen molar-refractivity contribution in [3.63, 3.8) is 0 Å². The van der Waals surface area contributed by atoms with Gasteiger partial charge in [-0.05, 0) is 17.7 Å². The second-order valence-electron chi connectivity index (χ2n) is 10.8. The minimum absolute atomic E-state index is 0.156. The summed E-state index contributed by atoms with van der Waals surface area (Å²) in [5, 5.41) is 9.61. The predicted molar refractivity (Wildman–Crippen MR) is 150 cm³/mol. The van der Waals surface area contributed by atoms with Crippen LogP contribution in [0.1, 0.15) is 42.6 Å². The van der Waals surface area contributed by atoms with Crippen LogP contribution < -0.4 is 20.4 Å². The van der Waals surface area contributed by atoms with E-state index in [1.807, 2.05) is 25.7 Å². The predicted octanol–water partition coefficient (Wildman–Crippen LogP) is 2.87. The molecule has 212 valence electrons. The van der Waals surface area contributed by atoms with E-state index in [-0.39, 0.29) is 29.3 Å². The molecule has 2 aliphatic heterocycles. The van der Waals surface area contributed by atoms with Crippen molar-refractivity contribution in [2.24, 2.45) is 0 Å². The number of hydrogen-bond donors (Lipinski definition) is 2. The van der Waals surface area contributed by atoms with E-state index in [2.05, 4.69) is 25.7 Å². The van der Waals surface area contributed by atoms with E-state index < -0.39 is 0 Å². The fraction of sp³-hybridized carbons (Fsp3) is 0.464. The highest BCUT2D eigenvalue weighted by molar-refractivity contribution is 6.03. The van der Waals surface area contributed by atoms with E-state index in [4.69, 9.17) is 19.0 Å². The lowest BCUT2D eigenvalue weighted by Gasteiger charge is -2.31. The standard InChI is InChI=1S/C28H35N7O5/c1-28(2,3)22-18-23(33-40-22)31-25(36)16-19-4-6-20(7-5-19)29-26(37)21-17-24(34-8-12-38-13-9-34)32-27(30-21)35-10-14-39-15-11-35/h4-7,17-18H,8-16H2,1-3H3,(H,29,37)(H,31,33,36). The van der Waals surface area contributed by atoms with Crippen molar-refractivity contribution in [3.05, 3.63) is 53.4 Å². The van der Waals surface area contributed by atoms with E-state index in [0.29, 0.717) is 81.6 Å². The van der Waals surface area contributed by atoms with Crippen molar-refractivity contribution in [2.75, 3.05) is 73.0 Å². The van der Waals surface area contributed by atoms with E-state index in [1.54, 1.807) is 36.4 Å². The molecule has 3 aromatic rings. The van der Waals surface area contributed by atoms with Crippen LogP contribution in [0.5, 0.6) is 0 Å². The van der Waals surface area contributed by atoms with Gasteiger partial charge in [0.15, 0.2) is 5.82 Å². The molecule has 0 atom stereocenters. The molecule has 5 rings (SSSR count). The minimum atomic E-state index is -0.336. The first kappa shape index (κ1) is 27.5. The third-order valence-electron chi connectivity index (χ3n) is 6.66. The smallest absolute Gasteiger partial charge is 0.274 e. The zero-order chi connectivity index (χ0) is 28.1. The maximum absolute atomic E-state index is 13.3. The summed E-state index contributed by atoms with van der Waals surface area (Å²) in [6.07, 6.45) is 0.156. The van der Waals surface area contributed by atoms with Gasteiger partial charge in [0.1, 0.15) is 17.3 Å². The molecule has 0 spiro atoms. The number of morpholine rings is 2. The number of hydrogen-bond acceptors (Lipinski definition) is 10. The molecule has 0 aliphatic carbocycles. The van der Waals surface area contributed by atoms with Crippen LogP contribution in [0.25, 0.3) is 0 Å². The summed E-state index contributed by atoms with van der Waals surface area (Å²) < 4.78 is 16.3. The van der Waals surface area contributed by atoms with Crippen LogP contribution in [-0.2, 0) is 26.1 Å². The molecule has 0 radical (unpaired) electrons. The van der Waals surface area contributed by atoms with Gasteiger partial charge in [0.05, 0.1) is 32.8 Å². The number of benzene rings is 1. The molecule has 2 amide bonds. The molecule has 2 N–H and O–H groups in total. The van der Waals surface area contributed by atoms with Gasteiger partial charge in [-0.3, -0.25) is 9.59 Å². The number of carbonyl (C=O) groups excluding carboxylic acids is 2. The van der Waals surface area contributed by atoms with Crippen molar-refractivity contribution in [1.82, 2.24) is 15.1 Å². The Morgan fingerprint density at radius 3 is 2.15 bits per heavy atom. The van der Waals surface area contributed by atoms with Gasteiger partial charge in [-0.1, -0.05) is 38.1 Å². The normalized spacial score (nSPS) is 16.1. The van der Waals surface area contributed by atoms with Gasteiger partial charge in [-0.25, -0.2) is 4.98 Å². The number of nitrogens with zero attached hydrogens (tertiary/aromatic N) is 5. The van der Waals surface area contributed by atoms with Gasteiger partial charge in [-0.15, -0.1) is 0 Å². The van der Waals surface area contributed by atoms with Gasteiger partial charge in [-0.2, -0.15) is 4.98 Å². The lowest BCUT2D eigenvalue weighted by molar-refractivity contribution is -0.115. The molecular weight excluding hydrogens is 514 g/mol. The Kier molecular flexibility index (Phi) is 8.27. The van der Waals surface area contributed by atoms with Crippen molar-refractivity contribution in [1.29, 1.82) is 0 Å². The molecule has 12 heteroatoms. The van der Waals surface area contributed by atoms with E-state index in [0.717, 1.165) is 5.56 Å². The second-order valence-corrected chi connectivity index (χ2v) is 10.8. The number of rotatable bonds is 7. The number of nitrogens with one attached hydrogen (secondary N) is 2. The van der Waals surface area contributed by atoms with Gasteiger partial charge in [0.25, 0.3) is 5.91 Å². The van der Waals surface area contributed by atoms with Crippen LogP contribution >= 0.6 is 0 Å². The molecule has 12 nitrogen and oxygen atoms in total. The summed E-state index contributed by atoms with van der Waals surface area (Å²) in [4.78, 5) is 39.2. The highest BCUT2D eigenvalue weighted by Crippen LogP contribution is 2.25. The molecular formula is C28H35N7O5. The van der Waals surface area contributed by atoms with Crippen LogP contribution in [0.15, 0.2) is 40.9 Å². The average Bonchev–Trinajstić information content (AvgIpc) is 3.44. The third kappa shape index (κ3) is 6.93. The Morgan fingerprint density at radius 2 is 1.52 bits per heavy atom. The molecule has 2 aliphatic rings. The number of anilines is 4. The molecule has 0 saturated carbocycles. The van der Waals surface area contributed by atoms with E-state index in [1.165, 1.54) is 0 Å². The maximum Gasteiger partial charge on any atom is 0.274 e. The minimum Gasteiger partial charge on any atom is -0.378 e. The quantitative estimate of drug-likeness (QED) is 0.453. The van der Waals surface area contributed by atoms with Crippen LogP contribution in [0, 0.1) is 0 Å². The molecule has 2 aromatic heterocycles. The number of amides is 2. The SMILES string of the molecule is CC(C)(C)c1cc(NC(=O)Cc2ccc(NC(=O)c3cc(N4CCOCC4)nc(N4CCOCC4)n3)cc2)no1. The first-order chi connectivity index (χ1) is 19.2. The summed E-state index contributed by atoms with van der Waals surface area (Å²) in [5.41, 5.74) is 1.47. The maximum atomic E-state index is 13.3. The summed E-state index contributed by atoms with van der Waals surface area (Å²) in [5.74, 6) is 1.75. The van der Waals surface area contributed by atoms with Gasteiger partial charge >= 0.3 is 0 Å². The first-order valence-electron chi connectivity index (χ1n) is 13.5. The summed E-state index contributed by atoms with van der Waals surface area (Å²) in [6, 6.07) is 10.6. The fourth-order valence-electron chi connectivity index (χ4n) is 4.36. The number of ether oxygens (including phenoxy) is 2. The van der Waals surface area contributed by atoms with E-state index >= 15 is 0 Å². The Morgan fingerprint density at radius 1 is 0.875 bits per heavy atom. The largest absolute Gasteiger partial charge is 0.378 e. The fourth-order valence-corrected chi connectivity index (χ4v) is 4.36. The Balaban J connectivity index is 1.24. The summed E-state index contributed by atoms with van der Waals surface area (Å²) >= 11 is 0. The highest BCUT2D eigenvalue weighted by atomic mass is 16.5. The van der Waals surface area contributed by atoms with Crippen molar-refractivity contribution < 1.29 is 23.6 Å². The molecule has 4 heterocycles. The van der Waals surface area contributed by atoms with E-state index in [9.17, 15) is 9.59 Å². The van der Waals surface area contributed by atoms with Crippen molar-refractivity contribution in [2.45, 2.75) is 32.6 Å². The Labute approximate surface area is 233 Å². The van der Waals surface area contributed by atoms with Crippen LogP contribution in [0.2, 0.25) is 0 Å². The molecule has 1 aromatic carbocycles. The number of aromatic nitrogens is 3. The summed E-state index contributed by atoms with van der Waals surface area (Å²) in [6.45, 7) is 11.2. The van der Waals surface area contributed by atoms with Crippen LogP contribution in [0.3, 0.4) is 0 Å². The van der Waals surface area contributed by atoms with Crippen LogP contribution in [-0.4, -0.2) is 79.5 Å². The number of carbonyl (C=O) groups is 2. The molecule has 40 heavy (non-hydrogen) atoms. The van der Waals surface area contributed by atoms with Gasteiger partial charge in [0, 0.05) is 49.4 Å². The Bertz CT molecular complexity index is 1290. The topological polar surface area (TPSA) is 135 Å². The molecule has 2 fully saturated rings. The highest BCUT2D eigenvalue weighted by Gasteiger charge is 2.22. The monoisotopic (exact) mass is 549 g/mol.